The topological polar surface area (TPSA) is 12.0 Å². The van der Waals surface area contributed by atoms with Gasteiger partial charge in [0.1, 0.15) is 0 Å². The highest BCUT2D eigenvalue weighted by Crippen LogP contribution is 2.41. The molecule has 1 fully saturated rings. The minimum atomic E-state index is -4.30. The highest BCUT2D eigenvalue weighted by atomic mass is 19.4. The van der Waals surface area contributed by atoms with Crippen molar-refractivity contribution in [2.75, 3.05) is 0 Å². The predicted octanol–water partition coefficient (Wildman–Crippen LogP) is 4.47. The van der Waals surface area contributed by atoms with E-state index < -0.39 is 17.3 Å². The molecule has 1 aliphatic rings. The molecule has 1 heterocycles. The molecule has 1 N–H and O–H groups in total. The standard InChI is InChI=1S/C15H20F3N/c1-13(2)9-6-10-14(3,19-13)11-7-4-5-8-12(11)15(16,17)18/h4-5,7-8,19H,6,9-10H2,1-3H3. The predicted molar refractivity (Wildman–Crippen MR) is 69.9 cm³/mol. The van der Waals surface area contributed by atoms with Gasteiger partial charge in [-0.25, -0.2) is 0 Å². The first-order valence-electron chi connectivity index (χ1n) is 6.60. The summed E-state index contributed by atoms with van der Waals surface area (Å²) in [5.41, 5.74) is -0.919. The van der Waals surface area contributed by atoms with Crippen LogP contribution >= 0.6 is 0 Å². The minimum Gasteiger partial charge on any atom is -0.303 e. The summed E-state index contributed by atoms with van der Waals surface area (Å²) in [6, 6.07) is 5.89. The maximum absolute atomic E-state index is 13.1. The first-order valence-corrected chi connectivity index (χ1v) is 6.60. The molecule has 4 heteroatoms. The van der Waals surface area contributed by atoms with Crippen LogP contribution in [-0.4, -0.2) is 5.54 Å². The molecule has 1 aromatic rings. The molecule has 0 bridgehead atoms. The number of hydrogen-bond donors (Lipinski definition) is 1. The summed E-state index contributed by atoms with van der Waals surface area (Å²) < 4.78 is 39.4. The quantitative estimate of drug-likeness (QED) is 0.794. The second-order valence-corrected chi connectivity index (χ2v) is 6.24. The Morgan fingerprint density at radius 2 is 1.68 bits per heavy atom. The van der Waals surface area contributed by atoms with Crippen LogP contribution in [0.4, 0.5) is 13.2 Å². The molecule has 1 unspecified atom stereocenters. The van der Waals surface area contributed by atoms with Crippen molar-refractivity contribution >= 4 is 0 Å². The van der Waals surface area contributed by atoms with Crippen molar-refractivity contribution < 1.29 is 13.2 Å². The van der Waals surface area contributed by atoms with Gasteiger partial charge in [0.15, 0.2) is 0 Å². The smallest absolute Gasteiger partial charge is 0.303 e. The third-order valence-corrected chi connectivity index (χ3v) is 3.92. The number of rotatable bonds is 1. The van der Waals surface area contributed by atoms with Gasteiger partial charge in [0.05, 0.1) is 5.56 Å². The number of benzene rings is 1. The van der Waals surface area contributed by atoms with Gasteiger partial charge >= 0.3 is 6.18 Å². The highest BCUT2D eigenvalue weighted by molar-refractivity contribution is 5.36. The van der Waals surface area contributed by atoms with E-state index in [2.05, 4.69) is 5.32 Å². The zero-order valence-corrected chi connectivity index (χ0v) is 11.6. The van der Waals surface area contributed by atoms with Crippen LogP contribution in [0.3, 0.4) is 0 Å². The fourth-order valence-corrected chi connectivity index (χ4v) is 3.17. The fraction of sp³-hybridized carbons (Fsp3) is 0.600. The van der Waals surface area contributed by atoms with Crippen LogP contribution in [-0.2, 0) is 11.7 Å². The first-order chi connectivity index (χ1) is 8.64. The molecule has 0 saturated carbocycles. The van der Waals surface area contributed by atoms with Crippen LogP contribution in [0, 0.1) is 0 Å². The Hall–Kier alpha value is -1.03. The number of nitrogens with one attached hydrogen (secondary N) is 1. The molecular formula is C15H20F3N. The molecule has 0 radical (unpaired) electrons. The fourth-order valence-electron chi connectivity index (χ4n) is 3.17. The maximum Gasteiger partial charge on any atom is 0.416 e. The molecule has 0 spiro atoms. The van der Waals surface area contributed by atoms with Crippen LogP contribution in [0.5, 0.6) is 0 Å². The van der Waals surface area contributed by atoms with Crippen molar-refractivity contribution in [3.8, 4) is 0 Å². The Kier molecular flexibility index (Phi) is 3.42. The average molecular weight is 271 g/mol. The highest BCUT2D eigenvalue weighted by Gasteiger charge is 2.42. The lowest BCUT2D eigenvalue weighted by atomic mass is 9.76. The molecular weight excluding hydrogens is 251 g/mol. The monoisotopic (exact) mass is 271 g/mol. The summed E-state index contributed by atoms with van der Waals surface area (Å²) in [5.74, 6) is 0. The lowest BCUT2D eigenvalue weighted by molar-refractivity contribution is -0.139. The third-order valence-electron chi connectivity index (χ3n) is 3.92. The van der Waals surface area contributed by atoms with Gasteiger partial charge in [-0.15, -0.1) is 0 Å². The molecule has 1 aliphatic heterocycles. The molecule has 1 saturated heterocycles. The van der Waals surface area contributed by atoms with Gasteiger partial charge in [-0.05, 0) is 51.7 Å². The van der Waals surface area contributed by atoms with Crippen molar-refractivity contribution in [1.29, 1.82) is 0 Å². The van der Waals surface area contributed by atoms with Gasteiger partial charge in [0.25, 0.3) is 0 Å². The van der Waals surface area contributed by atoms with Crippen LogP contribution in [0.25, 0.3) is 0 Å². The molecule has 0 amide bonds. The van der Waals surface area contributed by atoms with E-state index >= 15 is 0 Å². The first kappa shape index (κ1) is 14.4. The molecule has 0 aliphatic carbocycles. The summed E-state index contributed by atoms with van der Waals surface area (Å²) >= 11 is 0. The van der Waals surface area contributed by atoms with Crippen molar-refractivity contribution in [1.82, 2.24) is 5.32 Å². The SMILES string of the molecule is CC1(C)CCCC(C)(c2ccccc2C(F)(F)F)N1. The average Bonchev–Trinajstić information content (AvgIpc) is 2.26. The van der Waals surface area contributed by atoms with Crippen molar-refractivity contribution in [2.45, 2.75) is 57.3 Å². The summed E-state index contributed by atoms with van der Waals surface area (Å²) in [5, 5.41) is 3.40. The number of hydrogen-bond acceptors (Lipinski definition) is 1. The van der Waals surface area contributed by atoms with Gasteiger partial charge in [0, 0.05) is 11.1 Å². The molecule has 19 heavy (non-hydrogen) atoms. The molecule has 106 valence electrons. The van der Waals surface area contributed by atoms with Gasteiger partial charge in [-0.1, -0.05) is 18.2 Å². The van der Waals surface area contributed by atoms with Crippen molar-refractivity contribution in [3.63, 3.8) is 0 Å². The summed E-state index contributed by atoms with van der Waals surface area (Å²) in [4.78, 5) is 0. The van der Waals surface area contributed by atoms with Crippen LogP contribution in [0.2, 0.25) is 0 Å². The molecule has 1 nitrogen and oxygen atoms in total. The van der Waals surface area contributed by atoms with Crippen molar-refractivity contribution in [2.24, 2.45) is 0 Å². The number of alkyl halides is 3. The summed E-state index contributed by atoms with van der Waals surface area (Å²) in [6.45, 7) is 5.96. The number of piperidine rings is 1. The van der Waals surface area contributed by atoms with E-state index in [0.29, 0.717) is 5.56 Å². The van der Waals surface area contributed by atoms with Gasteiger partial charge in [-0.2, -0.15) is 13.2 Å². The normalized spacial score (nSPS) is 27.3. The van der Waals surface area contributed by atoms with E-state index in [4.69, 9.17) is 0 Å². The van der Waals surface area contributed by atoms with E-state index in [-0.39, 0.29) is 5.54 Å². The maximum atomic E-state index is 13.1. The largest absolute Gasteiger partial charge is 0.416 e. The van der Waals surface area contributed by atoms with Crippen molar-refractivity contribution in [3.05, 3.63) is 35.4 Å². The van der Waals surface area contributed by atoms with Crippen LogP contribution in [0.1, 0.15) is 51.2 Å². The van der Waals surface area contributed by atoms with E-state index in [1.807, 2.05) is 20.8 Å². The van der Waals surface area contributed by atoms with Gasteiger partial charge < -0.3 is 5.32 Å². The second kappa shape index (κ2) is 4.51. The summed E-state index contributed by atoms with van der Waals surface area (Å²) in [6.07, 6.45) is -1.66. The lowest BCUT2D eigenvalue weighted by Gasteiger charge is -2.45. The van der Waals surface area contributed by atoms with Crippen LogP contribution < -0.4 is 5.32 Å². The number of halogens is 3. The Labute approximate surface area is 112 Å². The molecule has 2 rings (SSSR count). The summed E-state index contributed by atoms with van der Waals surface area (Å²) in [7, 11) is 0. The molecule has 1 atom stereocenters. The zero-order valence-electron chi connectivity index (χ0n) is 11.6. The second-order valence-electron chi connectivity index (χ2n) is 6.24. The van der Waals surface area contributed by atoms with E-state index in [1.165, 1.54) is 12.1 Å². The lowest BCUT2D eigenvalue weighted by Crippen LogP contribution is -2.55. The molecule has 1 aromatic carbocycles. The van der Waals surface area contributed by atoms with Gasteiger partial charge in [-0.3, -0.25) is 0 Å². The Morgan fingerprint density at radius 1 is 1.05 bits per heavy atom. The van der Waals surface area contributed by atoms with Crippen LogP contribution in [0.15, 0.2) is 24.3 Å². The Bertz CT molecular complexity index is 465. The molecule has 0 aromatic heterocycles. The van der Waals surface area contributed by atoms with E-state index in [1.54, 1.807) is 12.1 Å². The third kappa shape index (κ3) is 2.94. The Balaban J connectivity index is 2.46. The zero-order chi connectivity index (χ0) is 14.3. The Morgan fingerprint density at radius 3 is 2.26 bits per heavy atom. The van der Waals surface area contributed by atoms with E-state index in [0.717, 1.165) is 19.3 Å². The minimum absolute atomic E-state index is 0.133. The van der Waals surface area contributed by atoms with Gasteiger partial charge in [0.2, 0.25) is 0 Å². The van der Waals surface area contributed by atoms with E-state index in [9.17, 15) is 13.2 Å².